The fraction of sp³-hybridized carbons (Fsp3) is 0.345. The van der Waals surface area contributed by atoms with Crippen molar-refractivity contribution in [3.63, 3.8) is 0 Å². The van der Waals surface area contributed by atoms with E-state index in [1.54, 1.807) is 0 Å². The monoisotopic (exact) mass is 849 g/mol. The summed E-state index contributed by atoms with van der Waals surface area (Å²) in [6.07, 6.45) is -1.91. The van der Waals surface area contributed by atoms with Gasteiger partial charge < -0.3 is 21.5 Å². The Morgan fingerprint density at radius 3 is 2.04 bits per heavy atom. The molecule has 0 aliphatic heterocycles. The highest BCUT2D eigenvalue weighted by Gasteiger charge is 2.37. The maximum Gasteiger partial charge on any atom is 0.416 e. The number of aliphatic carboxylic acids is 1. The predicted molar refractivity (Wildman–Crippen MR) is 187 cm³/mol. The molecular formula is C29H30Cl3F3N5O11PS. The number of carboxylic acid groups (broad SMARTS) is 1. The Kier molecular flexibility index (Phi) is 15.3. The number of carboxylic acids is 1. The van der Waals surface area contributed by atoms with Gasteiger partial charge >= 0.3 is 17.8 Å². The summed E-state index contributed by atoms with van der Waals surface area (Å²) in [5.74, 6) is -4.31. The number of benzene rings is 2. The number of ketones is 3. The van der Waals surface area contributed by atoms with E-state index < -0.39 is 80.7 Å². The lowest BCUT2D eigenvalue weighted by Gasteiger charge is -2.18. The summed E-state index contributed by atoms with van der Waals surface area (Å²) in [6, 6.07) is 3.88. The molecule has 24 heteroatoms. The zero-order valence-electron chi connectivity index (χ0n) is 27.3. The molecule has 16 nitrogen and oxygen atoms in total. The van der Waals surface area contributed by atoms with Crippen molar-refractivity contribution in [2.45, 2.75) is 42.8 Å². The van der Waals surface area contributed by atoms with Crippen LogP contribution in [0.1, 0.15) is 41.6 Å². The second-order valence-electron chi connectivity index (χ2n) is 11.4. The van der Waals surface area contributed by atoms with Crippen LogP contribution in [-0.4, -0.2) is 81.6 Å². The first-order chi connectivity index (χ1) is 24.2. The number of Topliss-reactive ketones (excluding diaryl/α,β-unsaturated/α-hetero) is 3. The summed E-state index contributed by atoms with van der Waals surface area (Å²) in [7, 11) is -6.55. The molecule has 1 aromatic heterocycles. The number of carbonyl (C=O) groups excluding carboxylic acids is 3. The molecule has 3 aromatic rings. The molecule has 1 saturated carbocycles. The van der Waals surface area contributed by atoms with Gasteiger partial charge in [-0.1, -0.05) is 34.8 Å². The maximum atomic E-state index is 12.6. The number of anilines is 1. The van der Waals surface area contributed by atoms with Gasteiger partial charge in [-0.05, 0) is 43.2 Å². The van der Waals surface area contributed by atoms with E-state index in [0.717, 1.165) is 23.2 Å². The molecule has 0 spiro atoms. The molecule has 2 unspecified atom stereocenters. The van der Waals surface area contributed by atoms with Crippen LogP contribution in [0.4, 0.5) is 24.7 Å². The molecule has 1 fully saturated rings. The fourth-order valence-electron chi connectivity index (χ4n) is 4.38. The van der Waals surface area contributed by atoms with Crippen molar-refractivity contribution in [1.82, 2.24) is 9.78 Å². The standard InChI is InChI=1S/C14H13ClO5S.C10H5Cl2F3N4O2.C5H12NO4P/c1-21(19,20)8-5-6-9(10(15)7-8)14(18)13-11(16)3-2-4-12(13)17;11-5-1-4(10(13,14)15)2-6(12)8(5)18-9(16)7(3-17-18)19(20)21;1-11(9,10)3-2-4(6)5(7)8/h5-7,13H,2-4H2,1H3;1-3H,16H2;4H,2-3,6H2,1H3,(H,7,8)(H,9,10). The lowest BCUT2D eigenvalue weighted by atomic mass is 9.82. The van der Waals surface area contributed by atoms with Gasteiger partial charge in [0.25, 0.3) is 0 Å². The number of nitrogen functional groups attached to an aromatic ring is 1. The van der Waals surface area contributed by atoms with Gasteiger partial charge in [-0.3, -0.25) is 33.9 Å². The number of aromatic nitrogens is 2. The molecule has 53 heavy (non-hydrogen) atoms. The van der Waals surface area contributed by atoms with Crippen molar-refractivity contribution < 1.29 is 60.3 Å². The minimum atomic E-state index is -4.63. The van der Waals surface area contributed by atoms with Crippen LogP contribution in [-0.2, 0) is 35.0 Å². The minimum absolute atomic E-state index is 0.00216. The summed E-state index contributed by atoms with van der Waals surface area (Å²) < 4.78 is 72.2. The zero-order valence-corrected chi connectivity index (χ0v) is 31.3. The minimum Gasteiger partial charge on any atom is -0.480 e. The Labute approximate surface area is 313 Å². The highest BCUT2D eigenvalue weighted by Crippen LogP contribution is 2.39. The topological polar surface area (TPSA) is 273 Å². The Hall–Kier alpha value is -3.91. The summed E-state index contributed by atoms with van der Waals surface area (Å²) in [5, 5.41) is 21.7. The molecule has 0 radical (unpaired) electrons. The molecule has 4 rings (SSSR count). The van der Waals surface area contributed by atoms with E-state index in [-0.39, 0.29) is 56.6 Å². The van der Waals surface area contributed by atoms with Gasteiger partial charge in [0.15, 0.2) is 34.6 Å². The van der Waals surface area contributed by atoms with Crippen molar-refractivity contribution >= 4 is 86.8 Å². The van der Waals surface area contributed by atoms with Crippen molar-refractivity contribution in [1.29, 1.82) is 0 Å². The Bertz CT molecular complexity index is 2050. The van der Waals surface area contributed by atoms with Crippen LogP contribution in [0, 0.1) is 16.0 Å². The van der Waals surface area contributed by atoms with Crippen LogP contribution in [0.2, 0.25) is 15.1 Å². The Balaban J connectivity index is 0.000000290. The molecule has 2 aromatic carbocycles. The Morgan fingerprint density at radius 2 is 1.64 bits per heavy atom. The molecule has 0 saturated heterocycles. The van der Waals surface area contributed by atoms with Gasteiger partial charge in [0.2, 0.25) is 5.82 Å². The van der Waals surface area contributed by atoms with Gasteiger partial charge in [-0.25, -0.2) is 13.1 Å². The quantitative estimate of drug-likeness (QED) is 0.0705. The average Bonchev–Trinajstić information content (AvgIpc) is 3.39. The van der Waals surface area contributed by atoms with Gasteiger partial charge in [-0.15, -0.1) is 0 Å². The molecule has 1 aliphatic rings. The summed E-state index contributed by atoms with van der Waals surface area (Å²) in [5.41, 5.74) is 8.87. The van der Waals surface area contributed by atoms with Gasteiger partial charge in [0.1, 0.15) is 23.8 Å². The molecular weight excluding hydrogens is 821 g/mol. The molecule has 1 aliphatic carbocycles. The number of nitro groups is 1. The first kappa shape index (κ1) is 45.2. The van der Waals surface area contributed by atoms with E-state index in [4.69, 9.17) is 56.3 Å². The van der Waals surface area contributed by atoms with Crippen molar-refractivity contribution in [3.8, 4) is 5.69 Å². The van der Waals surface area contributed by atoms with E-state index in [9.17, 15) is 55.4 Å². The third-order valence-corrected chi connectivity index (χ3v) is 10.2. The SMILES string of the molecule is CP(=O)(O)CCC(N)C(=O)O.CS(=O)(=O)c1ccc(C(=O)C2C(=O)CCCC2=O)c(Cl)c1.Nc1c([N+](=O)[O-])cnn1-c1c(Cl)cc(C(F)(F)F)cc1Cl. The molecule has 0 bridgehead atoms. The number of nitrogens with two attached hydrogens (primary N) is 2. The lowest BCUT2D eigenvalue weighted by Crippen LogP contribution is -2.35. The molecule has 6 N–H and O–H groups in total. The van der Waals surface area contributed by atoms with Crippen LogP contribution in [0.5, 0.6) is 0 Å². The lowest BCUT2D eigenvalue weighted by molar-refractivity contribution is -0.383. The first-order valence-electron chi connectivity index (χ1n) is 14.6. The van der Waals surface area contributed by atoms with Crippen LogP contribution in [0.15, 0.2) is 41.4 Å². The van der Waals surface area contributed by atoms with Crippen LogP contribution >= 0.6 is 42.2 Å². The fourth-order valence-corrected chi connectivity index (χ4v) is 6.77. The van der Waals surface area contributed by atoms with E-state index in [1.165, 1.54) is 18.8 Å². The van der Waals surface area contributed by atoms with Gasteiger partial charge in [0, 0.05) is 37.5 Å². The number of hydrogen-bond donors (Lipinski definition) is 4. The Morgan fingerprint density at radius 1 is 1.11 bits per heavy atom. The van der Waals surface area contributed by atoms with E-state index >= 15 is 0 Å². The normalized spacial score (nSPS) is 15.3. The number of carbonyl (C=O) groups is 4. The number of hydrogen-bond acceptors (Lipinski definition) is 12. The highest BCUT2D eigenvalue weighted by molar-refractivity contribution is 7.90. The number of alkyl halides is 3. The number of sulfone groups is 1. The summed E-state index contributed by atoms with van der Waals surface area (Å²) in [4.78, 5) is 64.6. The number of rotatable bonds is 9. The van der Waals surface area contributed by atoms with E-state index in [2.05, 4.69) is 5.10 Å². The zero-order chi connectivity index (χ0) is 40.8. The van der Waals surface area contributed by atoms with E-state index in [0.29, 0.717) is 18.6 Å². The third-order valence-electron chi connectivity index (χ3n) is 7.10. The molecule has 290 valence electrons. The largest absolute Gasteiger partial charge is 0.480 e. The third kappa shape index (κ3) is 12.6. The van der Waals surface area contributed by atoms with E-state index in [1.807, 2.05) is 0 Å². The smallest absolute Gasteiger partial charge is 0.416 e. The predicted octanol–water partition coefficient (Wildman–Crippen LogP) is 5.24. The van der Waals surface area contributed by atoms with Gasteiger partial charge in [-0.2, -0.15) is 18.3 Å². The summed E-state index contributed by atoms with van der Waals surface area (Å²) in [6.45, 7) is 1.18. The second-order valence-corrected chi connectivity index (χ2v) is 17.2. The molecule has 2 atom stereocenters. The molecule has 1 heterocycles. The number of halogens is 6. The second kappa shape index (κ2) is 17.9. The first-order valence-corrected chi connectivity index (χ1v) is 19.9. The average molecular weight is 851 g/mol. The maximum absolute atomic E-state index is 12.6. The van der Waals surface area contributed by atoms with Crippen LogP contribution in [0.25, 0.3) is 5.69 Å². The molecule has 0 amide bonds. The highest BCUT2D eigenvalue weighted by atomic mass is 35.5. The van der Waals surface area contributed by atoms with Gasteiger partial charge in [0.05, 0.1) is 30.5 Å². The van der Waals surface area contributed by atoms with Crippen LogP contribution in [0.3, 0.4) is 0 Å². The van der Waals surface area contributed by atoms with Crippen molar-refractivity contribution in [2.24, 2.45) is 11.7 Å². The van der Waals surface area contributed by atoms with Crippen LogP contribution < -0.4 is 11.5 Å². The number of nitrogens with zero attached hydrogens (tertiary/aromatic N) is 3. The van der Waals surface area contributed by atoms with Crippen molar-refractivity contribution in [2.75, 3.05) is 24.8 Å². The summed E-state index contributed by atoms with van der Waals surface area (Å²) >= 11 is 17.5. The van der Waals surface area contributed by atoms with Crippen molar-refractivity contribution in [3.05, 3.63) is 72.8 Å².